The Bertz CT molecular complexity index is 119. The summed E-state index contributed by atoms with van der Waals surface area (Å²) < 4.78 is 0. The lowest BCUT2D eigenvalue weighted by Gasteiger charge is -2.24. The fourth-order valence-corrected chi connectivity index (χ4v) is 2.41. The fraction of sp³-hybridized carbons (Fsp3) is 0.778. The minimum absolute atomic E-state index is 0.475. The minimum Gasteiger partial charge on any atom is -0.308 e. The van der Waals surface area contributed by atoms with Gasteiger partial charge >= 0.3 is 0 Å². The van der Waals surface area contributed by atoms with E-state index in [2.05, 4.69) is 30.6 Å². The molecule has 0 aromatic rings. The standard InChI is InChI=1S/C9H17NS/c1-3-8(2)10-9-4-6-11-7-5-9/h3,8-10H,1,4-7H2,2H3. The van der Waals surface area contributed by atoms with Crippen molar-refractivity contribution < 1.29 is 0 Å². The second kappa shape index (κ2) is 4.83. The van der Waals surface area contributed by atoms with E-state index in [0.29, 0.717) is 6.04 Å². The molecule has 0 bridgehead atoms. The molecule has 64 valence electrons. The summed E-state index contributed by atoms with van der Waals surface area (Å²) in [6.45, 7) is 5.92. The number of hydrogen-bond donors (Lipinski definition) is 1. The summed E-state index contributed by atoms with van der Waals surface area (Å²) in [4.78, 5) is 0. The molecule has 1 N–H and O–H groups in total. The van der Waals surface area contributed by atoms with Gasteiger partial charge in [0.1, 0.15) is 0 Å². The topological polar surface area (TPSA) is 12.0 Å². The Morgan fingerprint density at radius 1 is 1.55 bits per heavy atom. The van der Waals surface area contributed by atoms with Crippen molar-refractivity contribution in [1.82, 2.24) is 5.32 Å². The molecule has 0 aromatic carbocycles. The average Bonchev–Trinajstić information content (AvgIpc) is 2.06. The van der Waals surface area contributed by atoms with Gasteiger partial charge in [0.15, 0.2) is 0 Å². The van der Waals surface area contributed by atoms with Crippen LogP contribution in [0.1, 0.15) is 19.8 Å². The SMILES string of the molecule is C=CC(C)NC1CCSCC1. The molecular weight excluding hydrogens is 154 g/mol. The van der Waals surface area contributed by atoms with Crippen molar-refractivity contribution in [3.05, 3.63) is 12.7 Å². The normalized spacial score (nSPS) is 23.0. The Morgan fingerprint density at radius 2 is 2.18 bits per heavy atom. The fourth-order valence-electron chi connectivity index (χ4n) is 1.30. The zero-order valence-electron chi connectivity index (χ0n) is 7.18. The lowest BCUT2D eigenvalue weighted by molar-refractivity contribution is 0.459. The predicted molar refractivity (Wildman–Crippen MR) is 53.1 cm³/mol. The highest BCUT2D eigenvalue weighted by atomic mass is 32.2. The lowest BCUT2D eigenvalue weighted by atomic mass is 10.1. The second-order valence-electron chi connectivity index (χ2n) is 3.08. The highest BCUT2D eigenvalue weighted by Gasteiger charge is 2.13. The quantitative estimate of drug-likeness (QED) is 0.652. The molecule has 1 atom stereocenters. The van der Waals surface area contributed by atoms with Gasteiger partial charge in [-0.25, -0.2) is 0 Å². The van der Waals surface area contributed by atoms with E-state index in [1.807, 2.05) is 6.08 Å². The Balaban J connectivity index is 2.18. The van der Waals surface area contributed by atoms with E-state index >= 15 is 0 Å². The summed E-state index contributed by atoms with van der Waals surface area (Å²) in [5.41, 5.74) is 0. The Hall–Kier alpha value is 0.0500. The monoisotopic (exact) mass is 171 g/mol. The van der Waals surface area contributed by atoms with Crippen LogP contribution in [0.2, 0.25) is 0 Å². The number of hydrogen-bond acceptors (Lipinski definition) is 2. The number of nitrogens with one attached hydrogen (secondary N) is 1. The van der Waals surface area contributed by atoms with Gasteiger partial charge in [-0.3, -0.25) is 0 Å². The van der Waals surface area contributed by atoms with E-state index in [4.69, 9.17) is 0 Å². The van der Waals surface area contributed by atoms with Crippen LogP contribution in [-0.4, -0.2) is 23.6 Å². The molecule has 1 nitrogen and oxygen atoms in total. The summed E-state index contributed by atoms with van der Waals surface area (Å²) in [6, 6.07) is 1.22. The van der Waals surface area contributed by atoms with Crippen molar-refractivity contribution >= 4 is 11.8 Å². The Labute approximate surface area is 73.6 Å². The van der Waals surface area contributed by atoms with E-state index in [1.54, 1.807) is 0 Å². The summed E-state index contributed by atoms with van der Waals surface area (Å²) >= 11 is 2.07. The third kappa shape index (κ3) is 3.30. The molecule has 0 radical (unpaired) electrons. The van der Waals surface area contributed by atoms with Crippen LogP contribution >= 0.6 is 11.8 Å². The molecule has 0 saturated carbocycles. The Kier molecular flexibility index (Phi) is 4.02. The van der Waals surface area contributed by atoms with Gasteiger partial charge in [0.25, 0.3) is 0 Å². The average molecular weight is 171 g/mol. The van der Waals surface area contributed by atoms with Crippen LogP contribution in [0.5, 0.6) is 0 Å². The molecule has 1 aliphatic heterocycles. The minimum atomic E-state index is 0.475. The highest BCUT2D eigenvalue weighted by Crippen LogP contribution is 2.17. The zero-order chi connectivity index (χ0) is 8.10. The smallest absolute Gasteiger partial charge is 0.0221 e. The van der Waals surface area contributed by atoms with Gasteiger partial charge in [-0.2, -0.15) is 11.8 Å². The van der Waals surface area contributed by atoms with E-state index in [-0.39, 0.29) is 0 Å². The van der Waals surface area contributed by atoms with Crippen LogP contribution in [0.15, 0.2) is 12.7 Å². The second-order valence-corrected chi connectivity index (χ2v) is 4.30. The molecule has 1 aliphatic rings. The first-order chi connectivity index (χ1) is 5.33. The molecular formula is C9H17NS. The van der Waals surface area contributed by atoms with Gasteiger partial charge < -0.3 is 5.32 Å². The van der Waals surface area contributed by atoms with Crippen molar-refractivity contribution in [2.45, 2.75) is 31.8 Å². The van der Waals surface area contributed by atoms with E-state index in [9.17, 15) is 0 Å². The molecule has 0 aromatic heterocycles. The summed E-state index contributed by atoms with van der Waals surface area (Å²) in [6.07, 6.45) is 4.62. The van der Waals surface area contributed by atoms with Crippen LogP contribution < -0.4 is 5.32 Å². The molecule has 0 amide bonds. The molecule has 2 heteroatoms. The maximum atomic E-state index is 3.76. The molecule has 1 saturated heterocycles. The third-order valence-corrected chi connectivity index (χ3v) is 3.12. The third-order valence-electron chi connectivity index (χ3n) is 2.07. The van der Waals surface area contributed by atoms with Crippen LogP contribution in [0.25, 0.3) is 0 Å². The maximum Gasteiger partial charge on any atom is 0.0221 e. The predicted octanol–water partition coefficient (Wildman–Crippen LogP) is 2.05. The van der Waals surface area contributed by atoms with Gasteiger partial charge in [0.2, 0.25) is 0 Å². The van der Waals surface area contributed by atoms with Gasteiger partial charge in [-0.1, -0.05) is 6.08 Å². The van der Waals surface area contributed by atoms with E-state index in [1.165, 1.54) is 24.3 Å². The van der Waals surface area contributed by atoms with Crippen LogP contribution in [0.3, 0.4) is 0 Å². The largest absolute Gasteiger partial charge is 0.308 e. The molecule has 1 unspecified atom stereocenters. The van der Waals surface area contributed by atoms with Crippen molar-refractivity contribution in [2.24, 2.45) is 0 Å². The molecule has 1 fully saturated rings. The molecule has 0 spiro atoms. The van der Waals surface area contributed by atoms with Gasteiger partial charge in [0.05, 0.1) is 0 Å². The zero-order valence-corrected chi connectivity index (χ0v) is 7.99. The summed E-state index contributed by atoms with van der Waals surface area (Å²) in [5.74, 6) is 2.64. The van der Waals surface area contributed by atoms with Crippen molar-refractivity contribution in [3.8, 4) is 0 Å². The Morgan fingerprint density at radius 3 is 2.73 bits per heavy atom. The van der Waals surface area contributed by atoms with Crippen molar-refractivity contribution in [1.29, 1.82) is 0 Å². The van der Waals surface area contributed by atoms with Crippen LogP contribution in [-0.2, 0) is 0 Å². The molecule has 1 heterocycles. The van der Waals surface area contributed by atoms with Crippen LogP contribution in [0, 0.1) is 0 Å². The lowest BCUT2D eigenvalue weighted by Crippen LogP contribution is -2.37. The molecule has 1 rings (SSSR count). The van der Waals surface area contributed by atoms with Crippen LogP contribution in [0.4, 0.5) is 0 Å². The van der Waals surface area contributed by atoms with E-state index < -0.39 is 0 Å². The first-order valence-electron chi connectivity index (χ1n) is 4.29. The van der Waals surface area contributed by atoms with Crippen molar-refractivity contribution in [3.63, 3.8) is 0 Å². The summed E-state index contributed by atoms with van der Waals surface area (Å²) in [7, 11) is 0. The van der Waals surface area contributed by atoms with Crippen molar-refractivity contribution in [2.75, 3.05) is 11.5 Å². The van der Waals surface area contributed by atoms with Gasteiger partial charge in [-0.15, -0.1) is 6.58 Å². The number of rotatable bonds is 3. The van der Waals surface area contributed by atoms with Gasteiger partial charge in [-0.05, 0) is 31.3 Å². The number of thioether (sulfide) groups is 1. The molecule has 0 aliphatic carbocycles. The highest BCUT2D eigenvalue weighted by molar-refractivity contribution is 7.99. The van der Waals surface area contributed by atoms with Gasteiger partial charge in [0, 0.05) is 12.1 Å². The maximum absolute atomic E-state index is 3.76. The molecule has 11 heavy (non-hydrogen) atoms. The first kappa shape index (κ1) is 9.14. The first-order valence-corrected chi connectivity index (χ1v) is 5.44. The van der Waals surface area contributed by atoms with E-state index in [0.717, 1.165) is 6.04 Å². The summed E-state index contributed by atoms with van der Waals surface area (Å²) in [5, 5.41) is 3.54.